The van der Waals surface area contributed by atoms with Crippen LogP contribution >= 0.6 is 11.3 Å². The third kappa shape index (κ3) is 2.60. The van der Waals surface area contributed by atoms with Crippen molar-refractivity contribution in [2.24, 2.45) is 0 Å². The summed E-state index contributed by atoms with van der Waals surface area (Å²) in [4.78, 5) is 30.7. The van der Waals surface area contributed by atoms with E-state index in [-0.39, 0.29) is 23.3 Å². The predicted molar refractivity (Wildman–Crippen MR) is 91.9 cm³/mol. The summed E-state index contributed by atoms with van der Waals surface area (Å²) in [7, 11) is 0. The molecule has 0 aliphatic carbocycles. The number of nitrogens with one attached hydrogen (secondary N) is 1. The number of hydrogen-bond acceptors (Lipinski definition) is 4. The van der Waals surface area contributed by atoms with Crippen LogP contribution in [0.3, 0.4) is 0 Å². The summed E-state index contributed by atoms with van der Waals surface area (Å²) in [5.74, 6) is 0.326. The summed E-state index contributed by atoms with van der Waals surface area (Å²) in [5, 5.41) is 7.03. The van der Waals surface area contributed by atoms with Crippen LogP contribution in [0.5, 0.6) is 0 Å². The fraction of sp³-hybridized carbons (Fsp3) is 0.389. The highest BCUT2D eigenvalue weighted by molar-refractivity contribution is 7.08. The molecule has 4 heterocycles. The number of thiophene rings is 1. The van der Waals surface area contributed by atoms with Crippen LogP contribution in [0.1, 0.15) is 41.1 Å². The van der Waals surface area contributed by atoms with Crippen LogP contribution in [0.4, 0.5) is 0 Å². The average molecular weight is 341 g/mol. The Labute approximate surface area is 144 Å². The maximum Gasteiger partial charge on any atom is 0.254 e. The number of hydrogen-bond donors (Lipinski definition) is 1. The molecule has 0 aromatic carbocycles. The molecule has 2 fully saturated rings. The minimum absolute atomic E-state index is 0.0911. The van der Waals surface area contributed by atoms with Crippen molar-refractivity contribution in [1.29, 1.82) is 0 Å². The van der Waals surface area contributed by atoms with Gasteiger partial charge in [0.15, 0.2) is 0 Å². The molecule has 2 aromatic heterocycles. The van der Waals surface area contributed by atoms with Crippen molar-refractivity contribution in [3.8, 4) is 0 Å². The van der Waals surface area contributed by atoms with Gasteiger partial charge in [-0.25, -0.2) is 0 Å². The number of carbonyl (C=O) groups excluding carboxylic acids is 2. The second-order valence-electron chi connectivity index (χ2n) is 6.55. The van der Waals surface area contributed by atoms with Crippen molar-refractivity contribution >= 4 is 23.2 Å². The fourth-order valence-corrected chi connectivity index (χ4v) is 4.60. The van der Waals surface area contributed by atoms with Crippen LogP contribution in [-0.2, 0) is 4.79 Å². The Morgan fingerprint density at radius 1 is 1.33 bits per heavy atom. The Morgan fingerprint density at radius 2 is 2.17 bits per heavy atom. The van der Waals surface area contributed by atoms with Crippen molar-refractivity contribution < 1.29 is 9.59 Å². The first-order valence-electron chi connectivity index (χ1n) is 8.20. The Hall–Kier alpha value is -2.21. The van der Waals surface area contributed by atoms with E-state index in [9.17, 15) is 9.59 Å². The number of aromatic nitrogens is 1. The first-order valence-corrected chi connectivity index (χ1v) is 9.15. The molecule has 1 atom stereocenters. The SMILES string of the molecule is O=C1C[C@@H](c2cccnc2)C2(CCN(C(=O)c3ccsc3)CC2)N1. The van der Waals surface area contributed by atoms with Crippen LogP contribution in [0.15, 0.2) is 41.4 Å². The second-order valence-corrected chi connectivity index (χ2v) is 7.33. The number of rotatable bonds is 2. The van der Waals surface area contributed by atoms with Gasteiger partial charge in [0.2, 0.25) is 5.91 Å². The van der Waals surface area contributed by atoms with E-state index < -0.39 is 0 Å². The van der Waals surface area contributed by atoms with Gasteiger partial charge in [0.05, 0.1) is 11.1 Å². The normalized spacial score (nSPS) is 22.6. The van der Waals surface area contributed by atoms with Gasteiger partial charge in [-0.3, -0.25) is 14.6 Å². The summed E-state index contributed by atoms with van der Waals surface area (Å²) in [6.45, 7) is 1.34. The Kier molecular flexibility index (Phi) is 3.84. The molecule has 2 aliphatic rings. The van der Waals surface area contributed by atoms with Gasteiger partial charge in [-0.15, -0.1) is 0 Å². The van der Waals surface area contributed by atoms with Crippen LogP contribution in [-0.4, -0.2) is 40.3 Å². The van der Waals surface area contributed by atoms with Crippen molar-refractivity contribution in [2.75, 3.05) is 13.1 Å². The zero-order valence-corrected chi connectivity index (χ0v) is 14.1. The lowest BCUT2D eigenvalue weighted by atomic mass is 9.74. The molecule has 1 spiro atoms. The van der Waals surface area contributed by atoms with E-state index in [2.05, 4.69) is 10.3 Å². The minimum Gasteiger partial charge on any atom is -0.350 e. The van der Waals surface area contributed by atoms with E-state index in [1.165, 1.54) is 11.3 Å². The lowest BCUT2D eigenvalue weighted by Gasteiger charge is -2.42. The number of amides is 2. The van der Waals surface area contributed by atoms with E-state index >= 15 is 0 Å². The molecule has 2 amide bonds. The van der Waals surface area contributed by atoms with Crippen molar-refractivity contribution in [1.82, 2.24) is 15.2 Å². The molecule has 4 rings (SSSR count). The minimum atomic E-state index is -0.245. The molecule has 24 heavy (non-hydrogen) atoms. The number of piperidine rings is 1. The third-order valence-electron chi connectivity index (χ3n) is 5.24. The molecule has 2 aromatic rings. The van der Waals surface area contributed by atoms with Gasteiger partial charge < -0.3 is 10.2 Å². The van der Waals surface area contributed by atoms with Gasteiger partial charge in [0.25, 0.3) is 5.91 Å². The number of nitrogens with zero attached hydrogens (tertiary/aromatic N) is 2. The Bertz CT molecular complexity index is 737. The maximum absolute atomic E-state index is 12.5. The first kappa shape index (κ1) is 15.3. The van der Waals surface area contributed by atoms with E-state index in [0.29, 0.717) is 19.5 Å². The molecule has 5 nitrogen and oxygen atoms in total. The lowest BCUT2D eigenvalue weighted by molar-refractivity contribution is -0.120. The molecule has 0 radical (unpaired) electrons. The highest BCUT2D eigenvalue weighted by Gasteiger charge is 2.49. The van der Waals surface area contributed by atoms with Gasteiger partial charge >= 0.3 is 0 Å². The van der Waals surface area contributed by atoms with E-state index in [4.69, 9.17) is 0 Å². The van der Waals surface area contributed by atoms with Crippen molar-refractivity contribution in [3.05, 3.63) is 52.5 Å². The Balaban J connectivity index is 1.52. The molecule has 0 saturated carbocycles. The second kappa shape index (κ2) is 6.02. The number of carbonyl (C=O) groups is 2. The van der Waals surface area contributed by atoms with E-state index in [1.54, 1.807) is 6.20 Å². The number of pyridine rings is 1. The summed E-state index contributed by atoms with van der Waals surface area (Å²) in [6, 6.07) is 5.83. The zero-order valence-electron chi connectivity index (χ0n) is 13.3. The van der Waals surface area contributed by atoms with Crippen molar-refractivity contribution in [3.63, 3.8) is 0 Å². The van der Waals surface area contributed by atoms with E-state index in [1.807, 2.05) is 40.1 Å². The summed E-state index contributed by atoms with van der Waals surface area (Å²) >= 11 is 1.54. The molecule has 1 N–H and O–H groups in total. The fourth-order valence-electron chi connectivity index (χ4n) is 3.97. The summed E-state index contributed by atoms with van der Waals surface area (Å²) in [6.07, 6.45) is 5.69. The highest BCUT2D eigenvalue weighted by Crippen LogP contribution is 2.43. The standard InChI is InChI=1S/C18H19N3O2S/c22-16-10-15(13-2-1-6-19-11-13)18(20-16)4-7-21(8-5-18)17(23)14-3-9-24-12-14/h1-3,6,9,11-12,15H,4-5,7-8,10H2,(H,20,22)/t15-/m0/s1. The van der Waals surface area contributed by atoms with Crippen LogP contribution in [0.25, 0.3) is 0 Å². The summed E-state index contributed by atoms with van der Waals surface area (Å²) < 4.78 is 0. The third-order valence-corrected chi connectivity index (χ3v) is 5.93. The number of likely N-dealkylation sites (tertiary alicyclic amines) is 1. The average Bonchev–Trinajstić information content (AvgIpc) is 3.24. The van der Waals surface area contributed by atoms with Gasteiger partial charge in [-0.2, -0.15) is 11.3 Å². The Morgan fingerprint density at radius 3 is 2.83 bits per heavy atom. The van der Waals surface area contributed by atoms with Crippen LogP contribution in [0.2, 0.25) is 0 Å². The monoisotopic (exact) mass is 341 g/mol. The van der Waals surface area contributed by atoms with Gasteiger partial charge in [-0.05, 0) is 35.9 Å². The topological polar surface area (TPSA) is 62.3 Å². The molecule has 124 valence electrons. The van der Waals surface area contributed by atoms with Crippen LogP contribution < -0.4 is 5.32 Å². The smallest absolute Gasteiger partial charge is 0.254 e. The molecule has 6 heteroatoms. The maximum atomic E-state index is 12.5. The highest BCUT2D eigenvalue weighted by atomic mass is 32.1. The molecular formula is C18H19N3O2S. The largest absolute Gasteiger partial charge is 0.350 e. The summed E-state index contributed by atoms with van der Waals surface area (Å²) in [5.41, 5.74) is 1.62. The lowest BCUT2D eigenvalue weighted by Crippen LogP contribution is -2.54. The van der Waals surface area contributed by atoms with Crippen molar-refractivity contribution in [2.45, 2.75) is 30.7 Å². The molecule has 2 saturated heterocycles. The predicted octanol–water partition coefficient (Wildman–Crippen LogP) is 2.42. The quantitative estimate of drug-likeness (QED) is 0.912. The van der Waals surface area contributed by atoms with Gasteiger partial charge in [0, 0.05) is 43.2 Å². The van der Waals surface area contributed by atoms with E-state index in [0.717, 1.165) is 24.0 Å². The van der Waals surface area contributed by atoms with Crippen LogP contribution in [0, 0.1) is 0 Å². The molecule has 2 aliphatic heterocycles. The molecule has 0 bridgehead atoms. The molecular weight excluding hydrogens is 322 g/mol. The zero-order chi connectivity index (χ0) is 16.6. The molecule has 0 unspecified atom stereocenters. The van der Waals surface area contributed by atoms with Gasteiger partial charge in [-0.1, -0.05) is 6.07 Å². The van der Waals surface area contributed by atoms with Gasteiger partial charge in [0.1, 0.15) is 0 Å². The first-order chi connectivity index (χ1) is 11.7.